The first kappa shape index (κ1) is 21.1. The summed E-state index contributed by atoms with van der Waals surface area (Å²) in [6.07, 6.45) is 1.87. The van der Waals surface area contributed by atoms with Gasteiger partial charge in [-0.2, -0.15) is 0 Å². The molecule has 2 aromatic heterocycles. The van der Waals surface area contributed by atoms with Crippen LogP contribution >= 0.6 is 11.8 Å². The summed E-state index contributed by atoms with van der Waals surface area (Å²) < 4.78 is 9.12. The van der Waals surface area contributed by atoms with Crippen molar-refractivity contribution in [3.63, 3.8) is 0 Å². The predicted octanol–water partition coefficient (Wildman–Crippen LogP) is 4.35. The van der Waals surface area contributed by atoms with Crippen LogP contribution in [-0.4, -0.2) is 32.1 Å². The minimum absolute atomic E-state index is 0.00719. The van der Waals surface area contributed by atoms with E-state index in [4.69, 9.17) is 4.74 Å². The second-order valence-corrected chi connectivity index (χ2v) is 8.26. The molecule has 0 aliphatic rings. The van der Waals surface area contributed by atoms with E-state index in [9.17, 15) is 9.59 Å². The van der Waals surface area contributed by atoms with Crippen LogP contribution in [0.2, 0.25) is 0 Å². The molecule has 0 amide bonds. The van der Waals surface area contributed by atoms with Gasteiger partial charge in [-0.1, -0.05) is 37.2 Å². The van der Waals surface area contributed by atoms with Crippen LogP contribution in [0.1, 0.15) is 42.6 Å². The highest BCUT2D eigenvalue weighted by Crippen LogP contribution is 2.29. The number of carbonyl (C=O) groups is 1. The first-order chi connectivity index (χ1) is 15.0. The smallest absolute Gasteiger partial charge is 0.262 e. The van der Waals surface area contributed by atoms with Crippen LogP contribution in [0.15, 0.2) is 52.4 Å². The molecule has 0 saturated carbocycles. The Morgan fingerprint density at radius 3 is 2.71 bits per heavy atom. The molecule has 0 aliphatic carbocycles. The Labute approximate surface area is 184 Å². The molecule has 0 saturated heterocycles. The second-order valence-electron chi connectivity index (χ2n) is 7.32. The number of fused-ring (bicyclic) bond motifs is 3. The lowest BCUT2D eigenvalue weighted by molar-refractivity contribution is 0.101. The van der Waals surface area contributed by atoms with Crippen LogP contribution in [0.5, 0.6) is 5.75 Å². The van der Waals surface area contributed by atoms with E-state index < -0.39 is 0 Å². The number of methoxy groups -OCH3 is 1. The Kier molecular flexibility index (Phi) is 6.08. The fourth-order valence-corrected chi connectivity index (χ4v) is 4.52. The number of aryl methyl sites for hydroxylation is 1. The third-order valence-corrected chi connectivity index (χ3v) is 6.23. The van der Waals surface area contributed by atoms with Gasteiger partial charge < -0.3 is 4.74 Å². The summed E-state index contributed by atoms with van der Waals surface area (Å²) >= 11 is 1.50. The van der Waals surface area contributed by atoms with E-state index in [2.05, 4.69) is 17.1 Å². The van der Waals surface area contributed by atoms with E-state index >= 15 is 0 Å². The number of ether oxygens (including phenoxy) is 1. The molecule has 0 bridgehead atoms. The number of unbranched alkanes of at least 4 members (excludes halogenated alkanes) is 1. The van der Waals surface area contributed by atoms with Crippen LogP contribution < -0.4 is 10.3 Å². The number of ketones is 1. The molecule has 7 nitrogen and oxygen atoms in total. The third kappa shape index (κ3) is 3.95. The molecule has 0 atom stereocenters. The number of para-hydroxylation sites is 1. The van der Waals surface area contributed by atoms with E-state index in [1.54, 1.807) is 24.7 Å². The van der Waals surface area contributed by atoms with Crippen molar-refractivity contribution in [1.82, 2.24) is 19.2 Å². The van der Waals surface area contributed by atoms with E-state index in [-0.39, 0.29) is 11.3 Å². The summed E-state index contributed by atoms with van der Waals surface area (Å²) in [7, 11) is 1.61. The highest BCUT2D eigenvalue weighted by molar-refractivity contribution is 7.98. The predicted molar refractivity (Wildman–Crippen MR) is 122 cm³/mol. The van der Waals surface area contributed by atoms with Crippen molar-refractivity contribution >= 4 is 34.2 Å². The molecule has 2 heterocycles. The fraction of sp³-hybridized carbons (Fsp3) is 0.304. The number of rotatable bonds is 8. The molecule has 0 unspecified atom stereocenters. The SMILES string of the molecule is CCCCn1c(=O)c2ccccc2n2c(SCc3cc(C(C)=O)ccc3OC)nnc12. The first-order valence-corrected chi connectivity index (χ1v) is 11.2. The third-order valence-electron chi connectivity index (χ3n) is 5.26. The largest absolute Gasteiger partial charge is 0.496 e. The minimum atomic E-state index is -0.0451. The summed E-state index contributed by atoms with van der Waals surface area (Å²) in [4.78, 5) is 24.8. The number of Topliss-reactive ketones (excluding diaryl/α,β-unsaturated/α-hetero) is 1. The Hall–Kier alpha value is -3.13. The maximum atomic E-state index is 13.0. The van der Waals surface area contributed by atoms with Gasteiger partial charge in [-0.25, -0.2) is 0 Å². The average molecular weight is 437 g/mol. The van der Waals surface area contributed by atoms with E-state index in [1.165, 1.54) is 11.8 Å². The van der Waals surface area contributed by atoms with Crippen LogP contribution in [0.3, 0.4) is 0 Å². The number of carbonyl (C=O) groups excluding carboxylic acids is 1. The monoisotopic (exact) mass is 436 g/mol. The summed E-state index contributed by atoms with van der Waals surface area (Å²) in [5.74, 6) is 1.82. The zero-order chi connectivity index (χ0) is 22.0. The fourth-order valence-electron chi connectivity index (χ4n) is 3.60. The van der Waals surface area contributed by atoms with Gasteiger partial charge in [0.05, 0.1) is 18.0 Å². The van der Waals surface area contributed by atoms with Crippen molar-refractivity contribution < 1.29 is 9.53 Å². The molecule has 0 aliphatic heterocycles. The molecule has 160 valence electrons. The van der Waals surface area contributed by atoms with Crippen LogP contribution in [0, 0.1) is 0 Å². The van der Waals surface area contributed by atoms with Crippen molar-refractivity contribution in [2.24, 2.45) is 0 Å². The standard InChI is InChI=1S/C23H24N4O3S/c1-4-5-12-26-21(29)18-8-6-7-9-19(18)27-22(26)24-25-23(27)31-14-17-13-16(15(2)28)10-11-20(17)30-3/h6-11,13H,4-5,12,14H2,1-3H3. The van der Waals surface area contributed by atoms with Crippen LogP contribution in [0.25, 0.3) is 16.7 Å². The van der Waals surface area contributed by atoms with Crippen molar-refractivity contribution in [2.75, 3.05) is 7.11 Å². The molecule has 0 radical (unpaired) electrons. The zero-order valence-electron chi connectivity index (χ0n) is 17.8. The van der Waals surface area contributed by atoms with Crippen LogP contribution in [-0.2, 0) is 12.3 Å². The van der Waals surface area contributed by atoms with Gasteiger partial charge in [-0.05, 0) is 43.7 Å². The number of benzene rings is 2. The number of nitrogens with zero attached hydrogens (tertiary/aromatic N) is 4. The maximum Gasteiger partial charge on any atom is 0.262 e. The van der Waals surface area contributed by atoms with Crippen molar-refractivity contribution in [3.8, 4) is 5.75 Å². The quantitative estimate of drug-likeness (QED) is 0.302. The van der Waals surface area contributed by atoms with E-state index in [1.807, 2.05) is 40.8 Å². The molecule has 4 aromatic rings. The normalized spacial score (nSPS) is 11.3. The Morgan fingerprint density at radius 2 is 1.97 bits per heavy atom. The maximum absolute atomic E-state index is 13.0. The van der Waals surface area contributed by atoms with Crippen molar-refractivity contribution in [3.05, 3.63) is 63.9 Å². The van der Waals surface area contributed by atoms with E-state index in [0.29, 0.717) is 34.2 Å². The highest BCUT2D eigenvalue weighted by Gasteiger charge is 2.17. The lowest BCUT2D eigenvalue weighted by atomic mass is 10.1. The highest BCUT2D eigenvalue weighted by atomic mass is 32.2. The lowest BCUT2D eigenvalue weighted by Crippen LogP contribution is -2.23. The van der Waals surface area contributed by atoms with Gasteiger partial charge in [0.1, 0.15) is 5.75 Å². The Morgan fingerprint density at radius 1 is 1.16 bits per heavy atom. The summed E-state index contributed by atoms with van der Waals surface area (Å²) in [5, 5.41) is 10.1. The van der Waals surface area contributed by atoms with E-state index in [0.717, 1.165) is 29.7 Å². The number of aromatic nitrogens is 4. The first-order valence-electron chi connectivity index (χ1n) is 10.2. The molecule has 0 spiro atoms. The Bertz CT molecular complexity index is 1330. The number of hydrogen-bond acceptors (Lipinski definition) is 6. The van der Waals surface area contributed by atoms with Gasteiger partial charge in [0.2, 0.25) is 5.78 Å². The average Bonchev–Trinajstić information content (AvgIpc) is 3.21. The van der Waals surface area contributed by atoms with Gasteiger partial charge >= 0.3 is 0 Å². The Balaban J connectivity index is 1.80. The zero-order valence-corrected chi connectivity index (χ0v) is 18.6. The molecule has 4 rings (SSSR count). The molecular formula is C23H24N4O3S. The van der Waals surface area contributed by atoms with Gasteiger partial charge in [0.15, 0.2) is 10.9 Å². The molecule has 8 heteroatoms. The molecule has 0 fully saturated rings. The summed E-state index contributed by atoms with van der Waals surface area (Å²) in [5.41, 5.74) is 2.28. The summed E-state index contributed by atoms with van der Waals surface area (Å²) in [6.45, 7) is 4.24. The van der Waals surface area contributed by atoms with Gasteiger partial charge in [-0.3, -0.25) is 18.6 Å². The van der Waals surface area contributed by atoms with Crippen molar-refractivity contribution in [1.29, 1.82) is 0 Å². The molecule has 2 aromatic carbocycles. The van der Waals surface area contributed by atoms with Gasteiger partial charge in [0, 0.05) is 23.4 Å². The molecular weight excluding hydrogens is 412 g/mol. The summed E-state index contributed by atoms with van der Waals surface area (Å²) in [6, 6.07) is 13.0. The lowest BCUT2D eigenvalue weighted by Gasteiger charge is -2.12. The number of thioether (sulfide) groups is 1. The number of hydrogen-bond donors (Lipinski definition) is 0. The van der Waals surface area contributed by atoms with Crippen LogP contribution in [0.4, 0.5) is 0 Å². The topological polar surface area (TPSA) is 78.5 Å². The molecule has 31 heavy (non-hydrogen) atoms. The van der Waals surface area contributed by atoms with Gasteiger partial charge in [0.25, 0.3) is 5.56 Å². The second kappa shape index (κ2) is 8.93. The molecule has 0 N–H and O–H groups in total. The minimum Gasteiger partial charge on any atom is -0.496 e. The van der Waals surface area contributed by atoms with Gasteiger partial charge in [-0.15, -0.1) is 10.2 Å². The van der Waals surface area contributed by atoms with Crippen molar-refractivity contribution in [2.45, 2.75) is 44.1 Å².